The Labute approximate surface area is 143 Å². The molecule has 0 bridgehead atoms. The molecular formula is C20H24N2O2. The molecule has 0 aliphatic rings. The number of carbonyl (C=O) groups is 2. The highest BCUT2D eigenvalue weighted by atomic mass is 16.2. The molecule has 0 heterocycles. The minimum Gasteiger partial charge on any atom is -0.352 e. The zero-order chi connectivity index (χ0) is 17.5. The van der Waals surface area contributed by atoms with E-state index < -0.39 is 0 Å². The van der Waals surface area contributed by atoms with Gasteiger partial charge in [0.05, 0.1) is 0 Å². The minimum absolute atomic E-state index is 0.152. The van der Waals surface area contributed by atoms with E-state index >= 15 is 0 Å². The fourth-order valence-corrected chi connectivity index (χ4v) is 2.22. The van der Waals surface area contributed by atoms with Crippen molar-refractivity contribution in [2.75, 3.05) is 11.9 Å². The maximum Gasteiger partial charge on any atom is 0.255 e. The third-order valence-corrected chi connectivity index (χ3v) is 3.70. The maximum atomic E-state index is 12.3. The van der Waals surface area contributed by atoms with E-state index in [1.165, 1.54) is 0 Å². The summed E-state index contributed by atoms with van der Waals surface area (Å²) in [6.07, 6.45) is 0.930. The normalized spacial score (nSPS) is 10.5. The van der Waals surface area contributed by atoms with E-state index in [0.717, 1.165) is 17.7 Å². The van der Waals surface area contributed by atoms with Crippen LogP contribution in [0.15, 0.2) is 48.5 Å². The van der Waals surface area contributed by atoms with Gasteiger partial charge in [-0.05, 0) is 49.6 Å². The second kappa shape index (κ2) is 8.29. The van der Waals surface area contributed by atoms with Crippen LogP contribution < -0.4 is 10.6 Å². The van der Waals surface area contributed by atoms with Crippen molar-refractivity contribution in [2.24, 2.45) is 5.92 Å². The predicted octanol–water partition coefficient (Wildman–Crippen LogP) is 4.02. The lowest BCUT2D eigenvalue weighted by Gasteiger charge is -2.09. The summed E-state index contributed by atoms with van der Waals surface area (Å²) >= 11 is 0. The number of aryl methyl sites for hydroxylation is 1. The van der Waals surface area contributed by atoms with Gasteiger partial charge in [-0.25, -0.2) is 0 Å². The summed E-state index contributed by atoms with van der Waals surface area (Å²) < 4.78 is 0. The van der Waals surface area contributed by atoms with Gasteiger partial charge < -0.3 is 10.6 Å². The quantitative estimate of drug-likeness (QED) is 0.843. The lowest BCUT2D eigenvalue weighted by molar-refractivity contribution is 0.0952. The van der Waals surface area contributed by atoms with Crippen molar-refractivity contribution >= 4 is 17.5 Å². The summed E-state index contributed by atoms with van der Waals surface area (Å²) in [5.74, 6) is 0.160. The maximum absolute atomic E-state index is 12.3. The summed E-state index contributed by atoms with van der Waals surface area (Å²) in [7, 11) is 0. The topological polar surface area (TPSA) is 58.2 Å². The second-order valence-corrected chi connectivity index (χ2v) is 6.34. The molecule has 0 atom stereocenters. The fourth-order valence-electron chi connectivity index (χ4n) is 2.22. The molecule has 24 heavy (non-hydrogen) atoms. The number of hydrogen-bond acceptors (Lipinski definition) is 2. The molecule has 2 amide bonds. The van der Waals surface area contributed by atoms with E-state index in [1.54, 1.807) is 24.3 Å². The SMILES string of the molecule is Cc1ccc(NC(=O)c2cccc(C(=O)NCCC(C)C)c2)cc1. The van der Waals surface area contributed by atoms with Crippen LogP contribution in [0.25, 0.3) is 0 Å². The Balaban J connectivity index is 2.02. The first-order valence-corrected chi connectivity index (χ1v) is 8.22. The van der Waals surface area contributed by atoms with E-state index in [9.17, 15) is 9.59 Å². The number of rotatable bonds is 6. The largest absolute Gasteiger partial charge is 0.352 e. The molecule has 2 aromatic carbocycles. The van der Waals surface area contributed by atoms with Crippen LogP contribution in [0, 0.1) is 12.8 Å². The highest BCUT2D eigenvalue weighted by molar-refractivity contribution is 6.06. The van der Waals surface area contributed by atoms with Gasteiger partial charge in [0.25, 0.3) is 11.8 Å². The van der Waals surface area contributed by atoms with E-state index in [4.69, 9.17) is 0 Å². The summed E-state index contributed by atoms with van der Waals surface area (Å²) in [5.41, 5.74) is 2.83. The zero-order valence-corrected chi connectivity index (χ0v) is 14.4. The summed E-state index contributed by atoms with van der Waals surface area (Å²) in [6, 6.07) is 14.4. The number of hydrogen-bond donors (Lipinski definition) is 2. The average Bonchev–Trinajstić information content (AvgIpc) is 2.56. The van der Waals surface area contributed by atoms with Crippen LogP contribution in [-0.2, 0) is 0 Å². The lowest BCUT2D eigenvalue weighted by atomic mass is 10.1. The Hall–Kier alpha value is -2.62. The van der Waals surface area contributed by atoms with Crippen LogP contribution in [0.3, 0.4) is 0 Å². The van der Waals surface area contributed by atoms with E-state index in [-0.39, 0.29) is 11.8 Å². The third kappa shape index (κ3) is 5.23. The predicted molar refractivity (Wildman–Crippen MR) is 97.4 cm³/mol. The van der Waals surface area contributed by atoms with Gasteiger partial charge in [0.2, 0.25) is 0 Å². The number of benzene rings is 2. The molecule has 4 heteroatoms. The van der Waals surface area contributed by atoms with Crippen molar-refractivity contribution in [3.63, 3.8) is 0 Å². The Kier molecular flexibility index (Phi) is 6.13. The van der Waals surface area contributed by atoms with Crippen LogP contribution in [-0.4, -0.2) is 18.4 Å². The van der Waals surface area contributed by atoms with Crippen LogP contribution in [0.2, 0.25) is 0 Å². The van der Waals surface area contributed by atoms with Crippen molar-refractivity contribution in [1.29, 1.82) is 0 Å². The van der Waals surface area contributed by atoms with Gasteiger partial charge in [-0.1, -0.05) is 37.6 Å². The van der Waals surface area contributed by atoms with Gasteiger partial charge >= 0.3 is 0 Å². The van der Waals surface area contributed by atoms with E-state index in [2.05, 4.69) is 24.5 Å². The van der Waals surface area contributed by atoms with Gasteiger partial charge in [-0.15, -0.1) is 0 Å². The van der Waals surface area contributed by atoms with Gasteiger partial charge in [0.1, 0.15) is 0 Å². The second-order valence-electron chi connectivity index (χ2n) is 6.34. The molecule has 126 valence electrons. The number of anilines is 1. The molecule has 0 saturated heterocycles. The van der Waals surface area contributed by atoms with E-state index in [1.807, 2.05) is 31.2 Å². The zero-order valence-electron chi connectivity index (χ0n) is 14.4. The summed E-state index contributed by atoms with van der Waals surface area (Å²) in [5, 5.41) is 5.72. The lowest BCUT2D eigenvalue weighted by Crippen LogP contribution is -2.25. The first-order valence-electron chi connectivity index (χ1n) is 8.22. The van der Waals surface area contributed by atoms with Crippen molar-refractivity contribution in [2.45, 2.75) is 27.2 Å². The Morgan fingerprint density at radius 2 is 1.58 bits per heavy atom. The molecule has 0 aliphatic carbocycles. The molecule has 0 spiro atoms. The molecule has 0 aromatic heterocycles. The molecule has 0 unspecified atom stereocenters. The summed E-state index contributed by atoms with van der Waals surface area (Å²) in [6.45, 7) is 6.85. The van der Waals surface area contributed by atoms with Gasteiger partial charge in [-0.2, -0.15) is 0 Å². The standard InChI is InChI=1S/C20H24N2O2/c1-14(2)11-12-21-19(23)16-5-4-6-17(13-16)20(24)22-18-9-7-15(3)8-10-18/h4-10,13-14H,11-12H2,1-3H3,(H,21,23)(H,22,24). The molecular weight excluding hydrogens is 300 g/mol. The van der Waals surface area contributed by atoms with Gasteiger partial charge in [0.15, 0.2) is 0 Å². The molecule has 0 fully saturated rings. The van der Waals surface area contributed by atoms with Crippen LogP contribution in [0.4, 0.5) is 5.69 Å². The smallest absolute Gasteiger partial charge is 0.255 e. The van der Waals surface area contributed by atoms with Crippen molar-refractivity contribution < 1.29 is 9.59 Å². The first kappa shape index (κ1) is 17.7. The van der Waals surface area contributed by atoms with Crippen molar-refractivity contribution in [1.82, 2.24) is 5.32 Å². The number of carbonyl (C=O) groups excluding carboxylic acids is 2. The fraction of sp³-hybridized carbons (Fsp3) is 0.300. The van der Waals surface area contributed by atoms with Crippen molar-refractivity contribution in [3.8, 4) is 0 Å². The molecule has 2 aromatic rings. The van der Waals surface area contributed by atoms with E-state index in [0.29, 0.717) is 23.6 Å². The molecule has 0 aliphatic heterocycles. The average molecular weight is 324 g/mol. The van der Waals surface area contributed by atoms with Crippen LogP contribution >= 0.6 is 0 Å². The molecule has 2 N–H and O–H groups in total. The van der Waals surface area contributed by atoms with Crippen LogP contribution in [0.1, 0.15) is 46.5 Å². The van der Waals surface area contributed by atoms with Crippen molar-refractivity contribution in [3.05, 3.63) is 65.2 Å². The highest BCUT2D eigenvalue weighted by Gasteiger charge is 2.10. The molecule has 0 saturated carbocycles. The van der Waals surface area contributed by atoms with Crippen LogP contribution in [0.5, 0.6) is 0 Å². The Morgan fingerprint density at radius 3 is 2.21 bits per heavy atom. The Morgan fingerprint density at radius 1 is 0.958 bits per heavy atom. The molecule has 0 radical (unpaired) electrons. The Bertz CT molecular complexity index is 706. The third-order valence-electron chi connectivity index (χ3n) is 3.70. The molecule has 4 nitrogen and oxygen atoms in total. The van der Waals surface area contributed by atoms with Gasteiger partial charge in [0, 0.05) is 23.4 Å². The monoisotopic (exact) mass is 324 g/mol. The highest BCUT2D eigenvalue weighted by Crippen LogP contribution is 2.12. The first-order chi connectivity index (χ1) is 11.5. The minimum atomic E-state index is -0.226. The molecule has 2 rings (SSSR count). The summed E-state index contributed by atoms with van der Waals surface area (Å²) in [4.78, 5) is 24.5. The van der Waals surface area contributed by atoms with Gasteiger partial charge in [-0.3, -0.25) is 9.59 Å². The number of amides is 2. The number of nitrogens with one attached hydrogen (secondary N) is 2.